The summed E-state index contributed by atoms with van der Waals surface area (Å²) in [6.45, 7) is 2.44. The van der Waals surface area contributed by atoms with Crippen LogP contribution in [0.5, 0.6) is 5.75 Å². The highest BCUT2D eigenvalue weighted by Crippen LogP contribution is 2.28. The summed E-state index contributed by atoms with van der Waals surface area (Å²) < 4.78 is 5.17. The molecule has 0 radical (unpaired) electrons. The lowest BCUT2D eigenvalue weighted by atomic mass is 9.90. The summed E-state index contributed by atoms with van der Waals surface area (Å²) in [7, 11) is 3.91. The predicted octanol–water partition coefficient (Wildman–Crippen LogP) is 2.50. The fourth-order valence-electron chi connectivity index (χ4n) is 2.22. The van der Waals surface area contributed by atoms with Gasteiger partial charge in [0.1, 0.15) is 5.75 Å². The first kappa shape index (κ1) is 10.5. The van der Waals surface area contributed by atoms with Crippen molar-refractivity contribution in [2.75, 3.05) is 27.2 Å². The number of likely N-dealkylation sites (tertiary alicyclic amines) is 1. The topological polar surface area (TPSA) is 12.5 Å². The second-order valence-electron chi connectivity index (χ2n) is 4.35. The maximum atomic E-state index is 5.17. The van der Waals surface area contributed by atoms with E-state index in [1.807, 2.05) is 0 Å². The van der Waals surface area contributed by atoms with Gasteiger partial charge in [-0.05, 0) is 56.6 Å². The number of nitrogens with zero attached hydrogens (tertiary/aromatic N) is 1. The van der Waals surface area contributed by atoms with Crippen molar-refractivity contribution in [1.82, 2.24) is 4.90 Å². The van der Waals surface area contributed by atoms with Gasteiger partial charge in [-0.1, -0.05) is 12.1 Å². The van der Waals surface area contributed by atoms with E-state index < -0.39 is 0 Å². The highest BCUT2D eigenvalue weighted by molar-refractivity contribution is 5.29. The van der Waals surface area contributed by atoms with Crippen LogP contribution in [0.15, 0.2) is 24.3 Å². The smallest absolute Gasteiger partial charge is 0.118 e. The molecule has 2 nitrogen and oxygen atoms in total. The summed E-state index contributed by atoms with van der Waals surface area (Å²) in [5.74, 6) is 1.69. The molecule has 1 aliphatic rings. The van der Waals surface area contributed by atoms with Gasteiger partial charge in [0.05, 0.1) is 7.11 Å². The number of methoxy groups -OCH3 is 1. The van der Waals surface area contributed by atoms with E-state index in [-0.39, 0.29) is 0 Å². The molecule has 0 aliphatic carbocycles. The molecule has 0 spiro atoms. The normalized spacial score (nSPS) is 19.1. The third-order valence-electron chi connectivity index (χ3n) is 3.31. The van der Waals surface area contributed by atoms with Gasteiger partial charge in [0.2, 0.25) is 0 Å². The van der Waals surface area contributed by atoms with E-state index in [9.17, 15) is 0 Å². The molecule has 0 bridgehead atoms. The van der Waals surface area contributed by atoms with Gasteiger partial charge in [0.25, 0.3) is 0 Å². The van der Waals surface area contributed by atoms with E-state index >= 15 is 0 Å². The van der Waals surface area contributed by atoms with Crippen LogP contribution in [0.3, 0.4) is 0 Å². The molecule has 1 aliphatic heterocycles. The van der Waals surface area contributed by atoms with Crippen molar-refractivity contribution in [2.24, 2.45) is 0 Å². The molecule has 1 fully saturated rings. The Labute approximate surface area is 91.9 Å². The van der Waals surface area contributed by atoms with Gasteiger partial charge in [-0.2, -0.15) is 0 Å². The van der Waals surface area contributed by atoms with E-state index in [0.29, 0.717) is 0 Å². The zero-order valence-electron chi connectivity index (χ0n) is 9.57. The van der Waals surface area contributed by atoms with Crippen LogP contribution in [0.2, 0.25) is 0 Å². The molecule has 1 heterocycles. The van der Waals surface area contributed by atoms with Crippen molar-refractivity contribution in [2.45, 2.75) is 18.8 Å². The van der Waals surface area contributed by atoms with E-state index in [4.69, 9.17) is 4.74 Å². The third kappa shape index (κ3) is 2.51. The molecule has 0 unspecified atom stereocenters. The van der Waals surface area contributed by atoms with Crippen LogP contribution in [0.1, 0.15) is 24.3 Å². The van der Waals surface area contributed by atoms with Crippen molar-refractivity contribution in [3.8, 4) is 5.75 Å². The summed E-state index contributed by atoms with van der Waals surface area (Å²) in [6, 6.07) is 8.53. The molecule has 1 saturated heterocycles. The number of hydrogen-bond donors (Lipinski definition) is 0. The Bertz CT molecular complexity index is 299. The molecule has 1 aromatic rings. The highest BCUT2D eigenvalue weighted by atomic mass is 16.5. The molecule has 0 atom stereocenters. The molecular formula is C13H19NO. The Hall–Kier alpha value is -1.02. The lowest BCUT2D eigenvalue weighted by molar-refractivity contribution is 0.255. The van der Waals surface area contributed by atoms with Crippen molar-refractivity contribution in [3.63, 3.8) is 0 Å². The Balaban J connectivity index is 2.03. The van der Waals surface area contributed by atoms with Gasteiger partial charge >= 0.3 is 0 Å². The molecule has 2 rings (SSSR count). The van der Waals surface area contributed by atoms with E-state index in [2.05, 4.69) is 36.2 Å². The zero-order chi connectivity index (χ0) is 10.7. The average molecular weight is 205 g/mol. The third-order valence-corrected chi connectivity index (χ3v) is 3.31. The first-order valence-electron chi connectivity index (χ1n) is 5.62. The molecule has 0 amide bonds. The van der Waals surface area contributed by atoms with Gasteiger partial charge in [-0.15, -0.1) is 0 Å². The van der Waals surface area contributed by atoms with E-state index in [1.165, 1.54) is 31.5 Å². The summed E-state index contributed by atoms with van der Waals surface area (Å²) in [5, 5.41) is 0. The van der Waals surface area contributed by atoms with Crippen LogP contribution in [0, 0.1) is 0 Å². The fraction of sp³-hybridized carbons (Fsp3) is 0.538. The van der Waals surface area contributed by atoms with Crippen molar-refractivity contribution < 1.29 is 4.74 Å². The summed E-state index contributed by atoms with van der Waals surface area (Å²) in [6.07, 6.45) is 2.56. The molecule has 15 heavy (non-hydrogen) atoms. The molecule has 82 valence electrons. The lowest BCUT2D eigenvalue weighted by Gasteiger charge is -2.29. The van der Waals surface area contributed by atoms with Gasteiger partial charge in [0.15, 0.2) is 0 Å². The van der Waals surface area contributed by atoms with Crippen LogP contribution in [0.25, 0.3) is 0 Å². The first-order valence-corrected chi connectivity index (χ1v) is 5.62. The van der Waals surface area contributed by atoms with E-state index in [1.54, 1.807) is 7.11 Å². The van der Waals surface area contributed by atoms with Crippen LogP contribution in [-0.2, 0) is 0 Å². The standard InChI is InChI=1S/C13H19NO/c1-14-9-7-12(8-10-14)11-3-5-13(15-2)6-4-11/h3-6,12H,7-10H2,1-2H3. The molecule has 0 aromatic heterocycles. The molecule has 1 aromatic carbocycles. The monoisotopic (exact) mass is 205 g/mol. The molecular weight excluding hydrogens is 186 g/mol. The lowest BCUT2D eigenvalue weighted by Crippen LogP contribution is -2.29. The van der Waals surface area contributed by atoms with Crippen LogP contribution < -0.4 is 4.74 Å². The fourth-order valence-corrected chi connectivity index (χ4v) is 2.22. The Morgan fingerprint density at radius 1 is 1.13 bits per heavy atom. The van der Waals surface area contributed by atoms with Gasteiger partial charge in [0, 0.05) is 0 Å². The molecule has 0 saturated carbocycles. The Morgan fingerprint density at radius 2 is 1.73 bits per heavy atom. The SMILES string of the molecule is COc1ccc(C2CCN(C)CC2)cc1. The largest absolute Gasteiger partial charge is 0.497 e. The van der Waals surface area contributed by atoms with Crippen LogP contribution >= 0.6 is 0 Å². The maximum Gasteiger partial charge on any atom is 0.118 e. The second kappa shape index (κ2) is 4.67. The number of benzene rings is 1. The summed E-state index contributed by atoms with van der Waals surface area (Å²) >= 11 is 0. The predicted molar refractivity (Wildman–Crippen MR) is 62.5 cm³/mol. The quantitative estimate of drug-likeness (QED) is 0.735. The zero-order valence-corrected chi connectivity index (χ0v) is 9.57. The molecule has 0 N–H and O–H groups in total. The van der Waals surface area contributed by atoms with Gasteiger partial charge < -0.3 is 9.64 Å². The minimum absolute atomic E-state index is 0.743. The minimum Gasteiger partial charge on any atom is -0.497 e. The molecule has 2 heteroatoms. The van der Waals surface area contributed by atoms with Crippen molar-refractivity contribution >= 4 is 0 Å². The number of rotatable bonds is 2. The average Bonchev–Trinajstić information content (AvgIpc) is 2.30. The Morgan fingerprint density at radius 3 is 2.27 bits per heavy atom. The highest BCUT2D eigenvalue weighted by Gasteiger charge is 2.17. The van der Waals surface area contributed by atoms with Gasteiger partial charge in [-0.25, -0.2) is 0 Å². The van der Waals surface area contributed by atoms with Crippen molar-refractivity contribution in [1.29, 1.82) is 0 Å². The summed E-state index contributed by atoms with van der Waals surface area (Å²) in [5.41, 5.74) is 1.46. The van der Waals surface area contributed by atoms with Crippen LogP contribution in [-0.4, -0.2) is 32.1 Å². The first-order chi connectivity index (χ1) is 7.29. The summed E-state index contributed by atoms with van der Waals surface area (Å²) in [4.78, 5) is 2.40. The number of hydrogen-bond acceptors (Lipinski definition) is 2. The number of ether oxygens (including phenoxy) is 1. The second-order valence-corrected chi connectivity index (χ2v) is 4.35. The Kier molecular flexibility index (Phi) is 3.27. The van der Waals surface area contributed by atoms with Gasteiger partial charge in [-0.3, -0.25) is 0 Å². The number of piperidine rings is 1. The minimum atomic E-state index is 0.743. The van der Waals surface area contributed by atoms with Crippen molar-refractivity contribution in [3.05, 3.63) is 29.8 Å². The van der Waals surface area contributed by atoms with Crippen LogP contribution in [0.4, 0.5) is 0 Å². The van der Waals surface area contributed by atoms with E-state index in [0.717, 1.165) is 11.7 Å². The maximum absolute atomic E-state index is 5.17.